The summed E-state index contributed by atoms with van der Waals surface area (Å²) in [6.07, 6.45) is 3.79. The molecule has 22 heavy (non-hydrogen) atoms. The van der Waals surface area contributed by atoms with Crippen molar-refractivity contribution in [1.82, 2.24) is 9.88 Å². The minimum atomic E-state index is 0.686. The topological polar surface area (TPSA) is 19.0 Å². The lowest BCUT2D eigenvalue weighted by atomic mass is 9.73. The van der Waals surface area contributed by atoms with Crippen molar-refractivity contribution in [3.05, 3.63) is 29.3 Å². The Morgan fingerprint density at radius 1 is 1.36 bits per heavy atom. The predicted octanol–water partition coefficient (Wildman–Crippen LogP) is 4.65. The van der Waals surface area contributed by atoms with E-state index in [9.17, 15) is 0 Å². The number of nitrogens with one attached hydrogen (secondary N) is 1. The number of fused-ring (bicyclic) bond motifs is 2. The number of likely N-dealkylation sites (tertiary alicyclic amines) is 1. The summed E-state index contributed by atoms with van der Waals surface area (Å²) in [5.41, 5.74) is 4.54. The molecule has 2 aromatic rings. The Morgan fingerprint density at radius 2 is 2.23 bits per heavy atom. The van der Waals surface area contributed by atoms with Gasteiger partial charge in [0.15, 0.2) is 0 Å². The first kappa shape index (κ1) is 14.6. The number of hydrogen-bond donors (Lipinski definition) is 1. The highest BCUT2D eigenvalue weighted by Crippen LogP contribution is 2.46. The summed E-state index contributed by atoms with van der Waals surface area (Å²) in [7, 11) is 2.32. The van der Waals surface area contributed by atoms with Crippen LogP contribution < -0.4 is 0 Å². The third-order valence-corrected chi connectivity index (χ3v) is 6.72. The first-order valence-electron chi connectivity index (χ1n) is 8.65. The average Bonchev–Trinajstić information content (AvgIpc) is 2.86. The van der Waals surface area contributed by atoms with Crippen LogP contribution in [-0.4, -0.2) is 35.3 Å². The van der Waals surface area contributed by atoms with Crippen molar-refractivity contribution < 1.29 is 0 Å². The van der Waals surface area contributed by atoms with Crippen molar-refractivity contribution in [2.24, 2.45) is 5.92 Å². The summed E-state index contributed by atoms with van der Waals surface area (Å²) >= 11 is 2.01. The standard InChI is InChI=1S/C19H26N2S/c1-4-8-22-19-15-10-17-14(9-12(2)11-21(17)3)13-6-5-7-16(20-19)18(13)15/h5-7,12,14,17,20H,4,8-11H2,1-3H3/t12-,14-,17-/m1/s1. The summed E-state index contributed by atoms with van der Waals surface area (Å²) in [6.45, 7) is 5.91. The normalized spacial score (nSPS) is 28.0. The van der Waals surface area contributed by atoms with Crippen LogP contribution in [0.4, 0.5) is 0 Å². The van der Waals surface area contributed by atoms with Gasteiger partial charge in [0.25, 0.3) is 0 Å². The number of hydrogen-bond acceptors (Lipinski definition) is 2. The van der Waals surface area contributed by atoms with E-state index in [1.807, 2.05) is 11.8 Å². The smallest absolute Gasteiger partial charge is 0.0765 e. The summed E-state index contributed by atoms with van der Waals surface area (Å²) in [6, 6.07) is 7.57. The van der Waals surface area contributed by atoms with E-state index in [-0.39, 0.29) is 0 Å². The summed E-state index contributed by atoms with van der Waals surface area (Å²) in [4.78, 5) is 6.32. The molecule has 2 aliphatic rings. The van der Waals surface area contributed by atoms with Gasteiger partial charge in [-0.3, -0.25) is 0 Å². The molecular weight excluding hydrogens is 288 g/mol. The molecule has 1 aromatic heterocycles. The predicted molar refractivity (Wildman–Crippen MR) is 96.0 cm³/mol. The fraction of sp³-hybridized carbons (Fsp3) is 0.579. The van der Waals surface area contributed by atoms with Crippen LogP contribution in [0.15, 0.2) is 23.2 Å². The number of piperidine rings is 1. The van der Waals surface area contributed by atoms with Crippen LogP contribution in [0.25, 0.3) is 10.9 Å². The fourth-order valence-corrected chi connectivity index (χ4v) is 5.54. The molecule has 0 amide bonds. The highest BCUT2D eigenvalue weighted by atomic mass is 32.2. The zero-order valence-electron chi connectivity index (χ0n) is 13.9. The maximum atomic E-state index is 3.71. The van der Waals surface area contributed by atoms with E-state index in [1.165, 1.54) is 42.1 Å². The minimum Gasteiger partial charge on any atom is -0.349 e. The van der Waals surface area contributed by atoms with Gasteiger partial charge in [0.2, 0.25) is 0 Å². The van der Waals surface area contributed by atoms with Crippen LogP contribution in [0.5, 0.6) is 0 Å². The van der Waals surface area contributed by atoms with E-state index in [0.29, 0.717) is 12.0 Å². The van der Waals surface area contributed by atoms with Gasteiger partial charge in [0.05, 0.1) is 5.03 Å². The molecule has 0 saturated carbocycles. The Kier molecular flexibility index (Phi) is 3.74. The summed E-state index contributed by atoms with van der Waals surface area (Å²) in [5.74, 6) is 2.72. The number of thioether (sulfide) groups is 1. The molecule has 1 aliphatic heterocycles. The van der Waals surface area contributed by atoms with Gasteiger partial charge in [-0.15, -0.1) is 11.8 Å². The molecule has 1 saturated heterocycles. The highest BCUT2D eigenvalue weighted by molar-refractivity contribution is 7.99. The molecular formula is C19H26N2S. The number of aromatic amines is 1. The molecule has 1 aliphatic carbocycles. The second-order valence-corrected chi connectivity index (χ2v) is 8.31. The van der Waals surface area contributed by atoms with Gasteiger partial charge in [-0.25, -0.2) is 0 Å². The zero-order valence-corrected chi connectivity index (χ0v) is 14.7. The molecule has 1 fully saturated rings. The first-order valence-corrected chi connectivity index (χ1v) is 9.64. The molecule has 1 aromatic carbocycles. The quantitative estimate of drug-likeness (QED) is 0.832. The van der Waals surface area contributed by atoms with E-state index in [0.717, 1.165) is 5.92 Å². The van der Waals surface area contributed by atoms with Gasteiger partial charge in [-0.05, 0) is 55.2 Å². The second-order valence-electron chi connectivity index (χ2n) is 7.21. The highest BCUT2D eigenvalue weighted by Gasteiger charge is 2.39. The molecule has 0 radical (unpaired) electrons. The Bertz CT molecular complexity index is 690. The molecule has 118 valence electrons. The van der Waals surface area contributed by atoms with Gasteiger partial charge >= 0.3 is 0 Å². The number of rotatable bonds is 3. The van der Waals surface area contributed by atoms with Crippen molar-refractivity contribution in [3.63, 3.8) is 0 Å². The molecule has 3 heteroatoms. The van der Waals surface area contributed by atoms with E-state index >= 15 is 0 Å². The van der Waals surface area contributed by atoms with Crippen LogP contribution in [0.2, 0.25) is 0 Å². The molecule has 0 spiro atoms. The molecule has 3 atom stereocenters. The lowest BCUT2D eigenvalue weighted by Gasteiger charge is -2.45. The van der Waals surface area contributed by atoms with Gasteiger partial charge in [0.1, 0.15) is 0 Å². The van der Waals surface area contributed by atoms with Gasteiger partial charge in [-0.2, -0.15) is 0 Å². The van der Waals surface area contributed by atoms with Crippen molar-refractivity contribution in [3.8, 4) is 0 Å². The van der Waals surface area contributed by atoms with E-state index in [1.54, 1.807) is 16.5 Å². The molecule has 0 unspecified atom stereocenters. The summed E-state index contributed by atoms with van der Waals surface area (Å²) in [5, 5.41) is 2.97. The van der Waals surface area contributed by atoms with Crippen molar-refractivity contribution in [2.45, 2.75) is 50.1 Å². The van der Waals surface area contributed by atoms with Crippen molar-refractivity contribution in [1.29, 1.82) is 0 Å². The number of nitrogens with zero attached hydrogens (tertiary/aromatic N) is 1. The Morgan fingerprint density at radius 3 is 3.05 bits per heavy atom. The third-order valence-electron chi connectivity index (χ3n) is 5.47. The molecule has 4 rings (SSSR count). The second kappa shape index (κ2) is 5.61. The minimum absolute atomic E-state index is 0.686. The Hall–Kier alpha value is -0.930. The fourth-order valence-electron chi connectivity index (χ4n) is 4.59. The number of aromatic nitrogens is 1. The van der Waals surface area contributed by atoms with Gasteiger partial charge in [-0.1, -0.05) is 26.0 Å². The van der Waals surface area contributed by atoms with E-state index in [2.05, 4.69) is 49.0 Å². The molecule has 2 heterocycles. The molecule has 2 nitrogen and oxygen atoms in total. The van der Waals surface area contributed by atoms with Gasteiger partial charge in [0, 0.05) is 29.4 Å². The monoisotopic (exact) mass is 314 g/mol. The van der Waals surface area contributed by atoms with Crippen LogP contribution in [0, 0.1) is 5.92 Å². The number of H-pyrrole nitrogens is 1. The maximum Gasteiger partial charge on any atom is 0.0765 e. The first-order chi connectivity index (χ1) is 10.7. The molecule has 1 N–H and O–H groups in total. The maximum absolute atomic E-state index is 3.71. The van der Waals surface area contributed by atoms with Gasteiger partial charge < -0.3 is 9.88 Å². The third kappa shape index (κ3) is 2.21. The number of likely N-dealkylation sites (N-methyl/N-ethyl adjacent to an activating group) is 1. The van der Waals surface area contributed by atoms with Crippen LogP contribution in [0.3, 0.4) is 0 Å². The van der Waals surface area contributed by atoms with Crippen LogP contribution in [0.1, 0.15) is 43.7 Å². The van der Waals surface area contributed by atoms with Crippen molar-refractivity contribution >= 4 is 22.7 Å². The lowest BCUT2D eigenvalue weighted by molar-refractivity contribution is 0.119. The Balaban J connectivity index is 1.84. The summed E-state index contributed by atoms with van der Waals surface area (Å²) < 4.78 is 0. The number of benzene rings is 1. The van der Waals surface area contributed by atoms with Crippen LogP contribution in [-0.2, 0) is 6.42 Å². The SMILES string of the molecule is CCCSc1[nH]c2cccc3c2c1C[C@@H]1[C@@H]3C[C@@H](C)CN1C. The van der Waals surface area contributed by atoms with Crippen LogP contribution >= 0.6 is 11.8 Å². The zero-order chi connectivity index (χ0) is 15.3. The largest absolute Gasteiger partial charge is 0.349 e. The van der Waals surface area contributed by atoms with E-state index < -0.39 is 0 Å². The Labute approximate surface area is 137 Å². The van der Waals surface area contributed by atoms with E-state index in [4.69, 9.17) is 0 Å². The lowest BCUT2D eigenvalue weighted by Crippen LogP contribution is -2.47. The molecule has 0 bridgehead atoms. The average molecular weight is 314 g/mol. The van der Waals surface area contributed by atoms with Crippen molar-refractivity contribution in [2.75, 3.05) is 19.3 Å².